The lowest BCUT2D eigenvalue weighted by Crippen LogP contribution is -2.20. The minimum atomic E-state index is -3.14. The Balaban J connectivity index is 1.79. The van der Waals surface area contributed by atoms with Crippen molar-refractivity contribution in [2.45, 2.75) is 49.0 Å². The third-order valence-corrected chi connectivity index (χ3v) is 8.84. The second-order valence-electron chi connectivity index (χ2n) is 6.27. The number of rotatable bonds is 2. The smallest absolute Gasteiger partial charge is 0.154 e. The molecule has 0 bridgehead atoms. The third-order valence-electron chi connectivity index (χ3n) is 4.43. The Morgan fingerprint density at radius 3 is 2.74 bits per heavy atom. The number of fused-ring (bicyclic) bond motifs is 3. The van der Waals surface area contributed by atoms with E-state index in [1.165, 1.54) is 35.0 Å². The van der Waals surface area contributed by atoms with Crippen LogP contribution in [0.5, 0.6) is 0 Å². The van der Waals surface area contributed by atoms with E-state index in [1.54, 1.807) is 11.3 Å². The van der Waals surface area contributed by atoms with Crippen molar-refractivity contribution in [1.82, 2.24) is 9.97 Å². The van der Waals surface area contributed by atoms with Gasteiger partial charge in [0.2, 0.25) is 0 Å². The molecule has 1 fully saturated rings. The number of sulfone groups is 1. The molecule has 124 valence electrons. The van der Waals surface area contributed by atoms with Gasteiger partial charge in [-0.25, -0.2) is 18.4 Å². The first-order valence-corrected chi connectivity index (χ1v) is 11.3. The molecule has 1 aliphatic carbocycles. The highest BCUT2D eigenvalue weighted by Gasteiger charge is 2.38. The Morgan fingerprint density at radius 2 is 2.00 bits per heavy atom. The number of aryl methyl sites for hydroxylation is 3. The molecule has 0 unspecified atom stereocenters. The van der Waals surface area contributed by atoms with Crippen molar-refractivity contribution in [2.24, 2.45) is 0 Å². The minimum absolute atomic E-state index is 0.0235. The number of hydrogen-bond donors (Lipinski definition) is 1. The molecule has 2 aromatic heterocycles. The van der Waals surface area contributed by atoms with Crippen LogP contribution in [0.1, 0.15) is 29.1 Å². The van der Waals surface area contributed by atoms with Gasteiger partial charge in [0.1, 0.15) is 15.7 Å². The summed E-state index contributed by atoms with van der Waals surface area (Å²) in [5.74, 6) is 0.587. The van der Waals surface area contributed by atoms with Crippen molar-refractivity contribution >= 4 is 43.2 Å². The van der Waals surface area contributed by atoms with Crippen molar-refractivity contribution in [2.75, 3.05) is 11.5 Å². The minimum Gasteiger partial charge on any atom is -0.391 e. The van der Waals surface area contributed by atoms with E-state index in [9.17, 15) is 13.5 Å². The van der Waals surface area contributed by atoms with Gasteiger partial charge in [0.15, 0.2) is 9.84 Å². The van der Waals surface area contributed by atoms with Gasteiger partial charge in [-0.05, 0) is 38.2 Å². The van der Waals surface area contributed by atoms with Gasteiger partial charge < -0.3 is 5.11 Å². The number of thioether (sulfide) groups is 1. The maximum absolute atomic E-state index is 11.8. The number of thiophene rings is 1. The summed E-state index contributed by atoms with van der Waals surface area (Å²) in [6.07, 6.45) is 3.72. The van der Waals surface area contributed by atoms with Gasteiger partial charge in [-0.15, -0.1) is 11.3 Å². The number of hydrogen-bond acceptors (Lipinski definition) is 7. The van der Waals surface area contributed by atoms with E-state index in [1.807, 2.05) is 6.92 Å². The molecule has 1 saturated heterocycles. The maximum atomic E-state index is 11.8. The zero-order valence-corrected chi connectivity index (χ0v) is 15.2. The van der Waals surface area contributed by atoms with Crippen molar-refractivity contribution in [3.8, 4) is 0 Å². The van der Waals surface area contributed by atoms with E-state index in [4.69, 9.17) is 0 Å². The highest BCUT2D eigenvalue weighted by Crippen LogP contribution is 2.41. The van der Waals surface area contributed by atoms with Crippen LogP contribution in [0, 0.1) is 6.92 Å². The molecule has 2 aliphatic rings. The largest absolute Gasteiger partial charge is 0.391 e. The average Bonchev–Trinajstić information content (AvgIpc) is 2.95. The first kappa shape index (κ1) is 15.8. The molecule has 5 nitrogen and oxygen atoms in total. The predicted molar refractivity (Wildman–Crippen MR) is 93.1 cm³/mol. The summed E-state index contributed by atoms with van der Waals surface area (Å²) in [5.41, 5.74) is 1.34. The van der Waals surface area contributed by atoms with Gasteiger partial charge in [0, 0.05) is 10.3 Å². The molecule has 4 rings (SSSR count). The van der Waals surface area contributed by atoms with Crippen LogP contribution in [0.4, 0.5) is 0 Å². The molecule has 0 radical (unpaired) electrons. The summed E-state index contributed by atoms with van der Waals surface area (Å²) in [6.45, 7) is 1.87. The Labute approximate surface area is 143 Å². The third kappa shape index (κ3) is 2.90. The lowest BCUT2D eigenvalue weighted by molar-refractivity contribution is 0.207. The van der Waals surface area contributed by atoms with E-state index >= 15 is 0 Å². The van der Waals surface area contributed by atoms with E-state index in [0.29, 0.717) is 5.82 Å². The van der Waals surface area contributed by atoms with E-state index in [-0.39, 0.29) is 16.8 Å². The molecule has 0 spiro atoms. The molecule has 2 aromatic rings. The molecule has 1 aliphatic heterocycles. The second-order valence-corrected chi connectivity index (χ2v) is 10.7. The van der Waals surface area contributed by atoms with E-state index < -0.39 is 15.9 Å². The molecule has 3 heterocycles. The summed E-state index contributed by atoms with van der Waals surface area (Å²) < 4.78 is 23.5. The van der Waals surface area contributed by atoms with Gasteiger partial charge in [-0.3, -0.25) is 0 Å². The monoisotopic (exact) mass is 370 g/mol. The number of aromatic nitrogens is 2. The van der Waals surface area contributed by atoms with Gasteiger partial charge in [0.25, 0.3) is 0 Å². The van der Waals surface area contributed by atoms with Gasteiger partial charge in [0.05, 0.1) is 22.9 Å². The van der Waals surface area contributed by atoms with Crippen molar-refractivity contribution < 1.29 is 13.5 Å². The normalized spacial score (nSPS) is 26.5. The Hall–Kier alpha value is -0.700. The summed E-state index contributed by atoms with van der Waals surface area (Å²) in [7, 11) is -3.14. The Morgan fingerprint density at radius 1 is 1.22 bits per heavy atom. The number of nitrogens with zero attached hydrogens (tertiary/aromatic N) is 2. The molecule has 8 heteroatoms. The summed E-state index contributed by atoms with van der Waals surface area (Å²) in [5, 5.41) is 11.7. The second kappa shape index (κ2) is 5.68. The van der Waals surface area contributed by atoms with Crippen molar-refractivity contribution in [1.29, 1.82) is 0 Å². The Kier molecular flexibility index (Phi) is 3.91. The number of aliphatic hydroxyl groups is 1. The molecule has 1 N–H and O–H groups in total. The summed E-state index contributed by atoms with van der Waals surface area (Å²) in [4.78, 5) is 11.6. The standard InChI is InChI=1S/C15H18N2O3S3/c1-8-16-14-13(9-4-2-3-5-11(9)21-14)15(17-8)22-12-7-23(19,20)6-10(12)18/h10,12,18H,2-7H2,1H3/t10-,12+/m1/s1. The summed E-state index contributed by atoms with van der Waals surface area (Å²) in [6, 6.07) is 0. The fourth-order valence-electron chi connectivity index (χ4n) is 3.36. The van der Waals surface area contributed by atoms with Crippen LogP contribution in [-0.2, 0) is 22.7 Å². The van der Waals surface area contributed by atoms with Gasteiger partial charge >= 0.3 is 0 Å². The quantitative estimate of drug-likeness (QED) is 0.816. The lowest BCUT2D eigenvalue weighted by Gasteiger charge is -2.15. The molecule has 23 heavy (non-hydrogen) atoms. The van der Waals surface area contributed by atoms with Crippen LogP contribution < -0.4 is 0 Å². The topological polar surface area (TPSA) is 80.2 Å². The van der Waals surface area contributed by atoms with Crippen LogP contribution >= 0.6 is 23.1 Å². The first-order valence-electron chi connectivity index (χ1n) is 7.77. The van der Waals surface area contributed by atoms with Crippen molar-refractivity contribution in [3.63, 3.8) is 0 Å². The number of aliphatic hydroxyl groups excluding tert-OH is 1. The first-order chi connectivity index (χ1) is 10.9. The van der Waals surface area contributed by atoms with E-state index in [0.717, 1.165) is 28.1 Å². The zero-order chi connectivity index (χ0) is 16.2. The lowest BCUT2D eigenvalue weighted by atomic mass is 9.97. The van der Waals surface area contributed by atoms with Crippen LogP contribution in [0.25, 0.3) is 10.2 Å². The summed E-state index contributed by atoms with van der Waals surface area (Å²) >= 11 is 3.15. The fraction of sp³-hybridized carbons (Fsp3) is 0.600. The highest BCUT2D eigenvalue weighted by atomic mass is 32.2. The van der Waals surface area contributed by atoms with Crippen molar-refractivity contribution in [3.05, 3.63) is 16.3 Å². The van der Waals surface area contributed by atoms with Crippen LogP contribution in [0.3, 0.4) is 0 Å². The zero-order valence-electron chi connectivity index (χ0n) is 12.8. The van der Waals surface area contributed by atoms with Crippen LogP contribution in [0.15, 0.2) is 5.03 Å². The molecular formula is C15H18N2O3S3. The van der Waals surface area contributed by atoms with E-state index in [2.05, 4.69) is 9.97 Å². The molecule has 2 atom stereocenters. The molecule has 0 amide bonds. The molecular weight excluding hydrogens is 352 g/mol. The highest BCUT2D eigenvalue weighted by molar-refractivity contribution is 8.02. The molecule has 0 aromatic carbocycles. The van der Waals surface area contributed by atoms with Crippen LogP contribution in [0.2, 0.25) is 0 Å². The predicted octanol–water partition coefficient (Wildman–Crippen LogP) is 2.13. The fourth-order valence-corrected chi connectivity index (χ4v) is 8.43. The van der Waals surface area contributed by atoms with Gasteiger partial charge in [-0.1, -0.05) is 11.8 Å². The SMILES string of the molecule is Cc1nc(S[C@H]2CS(=O)(=O)C[C@H]2O)c2c3c(sc2n1)CCCC3. The molecule has 0 saturated carbocycles. The van der Waals surface area contributed by atoms with Gasteiger partial charge in [-0.2, -0.15) is 0 Å². The Bertz CT molecular complexity index is 876. The van der Waals surface area contributed by atoms with Crippen LogP contribution in [-0.4, -0.2) is 46.4 Å². The average molecular weight is 371 g/mol. The maximum Gasteiger partial charge on any atom is 0.154 e.